The van der Waals surface area contributed by atoms with Gasteiger partial charge in [0.05, 0.1) is 16.6 Å². The summed E-state index contributed by atoms with van der Waals surface area (Å²) in [5.74, 6) is -1.45. The Balaban J connectivity index is 2.06. The van der Waals surface area contributed by atoms with Crippen LogP contribution in [0, 0.1) is 13.8 Å². The van der Waals surface area contributed by atoms with E-state index in [1.54, 1.807) is 13.0 Å². The van der Waals surface area contributed by atoms with Gasteiger partial charge in [-0.2, -0.15) is 0 Å². The Morgan fingerprint density at radius 2 is 1.96 bits per heavy atom. The SMILES string of the molecule is Cc1ccccc1NC(=O)c1sc2ncn(C(C)C(=O)O)c(=O)c2c1C. The molecule has 3 rings (SSSR count). The Hall–Kier alpha value is -3.00. The molecule has 0 aliphatic heterocycles. The van der Waals surface area contributed by atoms with Crippen LogP contribution in [0.15, 0.2) is 35.4 Å². The first kappa shape index (κ1) is 17.8. The fourth-order valence-corrected chi connectivity index (χ4v) is 3.68. The van der Waals surface area contributed by atoms with Gasteiger partial charge in [0.15, 0.2) is 0 Å². The van der Waals surface area contributed by atoms with Gasteiger partial charge in [0.25, 0.3) is 11.5 Å². The minimum Gasteiger partial charge on any atom is -0.480 e. The number of thiophene rings is 1. The highest BCUT2D eigenvalue weighted by Gasteiger charge is 2.22. The molecule has 26 heavy (non-hydrogen) atoms. The zero-order valence-corrected chi connectivity index (χ0v) is 15.3. The maximum Gasteiger partial charge on any atom is 0.326 e. The van der Waals surface area contributed by atoms with Crippen LogP contribution in [0.1, 0.15) is 33.8 Å². The van der Waals surface area contributed by atoms with E-state index in [-0.39, 0.29) is 11.3 Å². The Kier molecular flexibility index (Phi) is 4.60. The minimum atomic E-state index is -1.13. The third-order valence-electron chi connectivity index (χ3n) is 4.25. The first-order chi connectivity index (χ1) is 12.3. The van der Waals surface area contributed by atoms with Crippen molar-refractivity contribution in [2.75, 3.05) is 5.32 Å². The van der Waals surface area contributed by atoms with Crippen LogP contribution in [0.3, 0.4) is 0 Å². The molecule has 1 aromatic carbocycles. The molecule has 0 fully saturated rings. The predicted octanol–water partition coefficient (Wildman–Crippen LogP) is 2.97. The summed E-state index contributed by atoms with van der Waals surface area (Å²) in [4.78, 5) is 41.5. The van der Waals surface area contributed by atoms with E-state index in [1.165, 1.54) is 13.3 Å². The zero-order valence-electron chi connectivity index (χ0n) is 14.4. The van der Waals surface area contributed by atoms with Crippen molar-refractivity contribution < 1.29 is 14.7 Å². The molecule has 1 amide bonds. The lowest BCUT2D eigenvalue weighted by Gasteiger charge is -2.09. The van der Waals surface area contributed by atoms with Crippen LogP contribution in [0.4, 0.5) is 5.69 Å². The Morgan fingerprint density at radius 1 is 1.27 bits per heavy atom. The smallest absolute Gasteiger partial charge is 0.326 e. The number of hydrogen-bond acceptors (Lipinski definition) is 5. The molecule has 1 atom stereocenters. The highest BCUT2D eigenvalue weighted by molar-refractivity contribution is 7.20. The average Bonchev–Trinajstić information content (AvgIpc) is 2.94. The molecule has 7 nitrogen and oxygen atoms in total. The predicted molar refractivity (Wildman–Crippen MR) is 100 cm³/mol. The van der Waals surface area contributed by atoms with Gasteiger partial charge in [0, 0.05) is 5.69 Å². The fraction of sp³-hybridized carbons (Fsp3) is 0.222. The first-order valence-electron chi connectivity index (χ1n) is 7.91. The number of carbonyl (C=O) groups excluding carboxylic acids is 1. The molecule has 2 N–H and O–H groups in total. The quantitative estimate of drug-likeness (QED) is 0.734. The fourth-order valence-electron chi connectivity index (χ4n) is 2.64. The molecule has 8 heteroatoms. The number of aliphatic carboxylic acids is 1. The Labute approximate surface area is 152 Å². The summed E-state index contributed by atoms with van der Waals surface area (Å²) in [5, 5.41) is 12.3. The van der Waals surface area contributed by atoms with Crippen molar-refractivity contribution in [3.8, 4) is 0 Å². The van der Waals surface area contributed by atoms with Gasteiger partial charge in [0.2, 0.25) is 0 Å². The van der Waals surface area contributed by atoms with Gasteiger partial charge in [-0.15, -0.1) is 11.3 Å². The minimum absolute atomic E-state index is 0.278. The van der Waals surface area contributed by atoms with E-state index >= 15 is 0 Å². The lowest BCUT2D eigenvalue weighted by molar-refractivity contribution is -0.140. The van der Waals surface area contributed by atoms with Crippen molar-refractivity contribution in [1.82, 2.24) is 9.55 Å². The largest absolute Gasteiger partial charge is 0.480 e. The molecule has 0 bridgehead atoms. The maximum absolute atomic E-state index is 12.7. The number of carboxylic acid groups (broad SMARTS) is 1. The highest BCUT2D eigenvalue weighted by Crippen LogP contribution is 2.28. The van der Waals surface area contributed by atoms with Crippen LogP contribution < -0.4 is 10.9 Å². The molecular formula is C18H17N3O4S. The number of para-hydroxylation sites is 1. The third-order valence-corrected chi connectivity index (χ3v) is 5.45. The summed E-state index contributed by atoms with van der Waals surface area (Å²) < 4.78 is 1.06. The number of carboxylic acids is 1. The molecule has 1 unspecified atom stereocenters. The van der Waals surface area contributed by atoms with E-state index in [4.69, 9.17) is 5.11 Å². The molecule has 0 aliphatic carbocycles. The van der Waals surface area contributed by atoms with Crippen LogP contribution in [0.5, 0.6) is 0 Å². The summed E-state index contributed by atoms with van der Waals surface area (Å²) in [6, 6.07) is 6.36. The van der Waals surface area contributed by atoms with Crippen LogP contribution >= 0.6 is 11.3 Å². The average molecular weight is 371 g/mol. The highest BCUT2D eigenvalue weighted by atomic mass is 32.1. The Morgan fingerprint density at radius 3 is 2.62 bits per heavy atom. The van der Waals surface area contributed by atoms with Gasteiger partial charge >= 0.3 is 5.97 Å². The number of aromatic nitrogens is 2. The normalized spacial score (nSPS) is 12.1. The van der Waals surface area contributed by atoms with E-state index in [0.717, 1.165) is 21.5 Å². The summed E-state index contributed by atoms with van der Waals surface area (Å²) >= 11 is 1.12. The molecule has 0 spiro atoms. The number of carbonyl (C=O) groups is 2. The van der Waals surface area contributed by atoms with Crippen molar-refractivity contribution in [2.45, 2.75) is 26.8 Å². The van der Waals surface area contributed by atoms with Crippen LogP contribution in [0.2, 0.25) is 0 Å². The zero-order chi connectivity index (χ0) is 19.0. The van der Waals surface area contributed by atoms with E-state index < -0.39 is 17.6 Å². The molecular weight excluding hydrogens is 354 g/mol. The number of hydrogen-bond donors (Lipinski definition) is 2. The van der Waals surface area contributed by atoms with Crippen molar-refractivity contribution in [3.05, 3.63) is 57.0 Å². The Bertz CT molecular complexity index is 1080. The molecule has 0 radical (unpaired) electrons. The molecule has 0 saturated carbocycles. The summed E-state index contributed by atoms with van der Waals surface area (Å²) in [6.07, 6.45) is 1.21. The van der Waals surface area contributed by atoms with Crippen molar-refractivity contribution in [3.63, 3.8) is 0 Å². The van der Waals surface area contributed by atoms with Crippen LogP contribution in [0.25, 0.3) is 10.2 Å². The van der Waals surface area contributed by atoms with Gasteiger partial charge in [-0.05, 0) is 38.0 Å². The van der Waals surface area contributed by atoms with Crippen molar-refractivity contribution in [1.29, 1.82) is 0 Å². The second-order valence-electron chi connectivity index (χ2n) is 5.98. The molecule has 2 heterocycles. The van der Waals surface area contributed by atoms with Gasteiger partial charge < -0.3 is 10.4 Å². The monoisotopic (exact) mass is 371 g/mol. The second-order valence-corrected chi connectivity index (χ2v) is 6.98. The maximum atomic E-state index is 12.7. The van der Waals surface area contributed by atoms with Gasteiger partial charge in [-0.25, -0.2) is 9.78 Å². The number of rotatable bonds is 4. The summed E-state index contributed by atoms with van der Waals surface area (Å²) in [5.41, 5.74) is 1.66. The van der Waals surface area contributed by atoms with E-state index in [9.17, 15) is 14.4 Å². The molecule has 134 valence electrons. The molecule has 0 saturated heterocycles. The molecule has 0 aliphatic rings. The van der Waals surface area contributed by atoms with Crippen molar-refractivity contribution >= 4 is 39.1 Å². The molecule has 2 aromatic heterocycles. The third kappa shape index (κ3) is 2.99. The van der Waals surface area contributed by atoms with Crippen LogP contribution in [-0.4, -0.2) is 26.5 Å². The topological polar surface area (TPSA) is 101 Å². The number of nitrogens with one attached hydrogen (secondary N) is 1. The number of anilines is 1. The number of aryl methyl sites for hydroxylation is 2. The van der Waals surface area contributed by atoms with E-state index in [0.29, 0.717) is 21.0 Å². The lowest BCUT2D eigenvalue weighted by atomic mass is 10.1. The number of nitrogens with zero attached hydrogens (tertiary/aromatic N) is 2. The molecule has 3 aromatic rings. The van der Waals surface area contributed by atoms with Gasteiger partial charge in [-0.1, -0.05) is 18.2 Å². The van der Waals surface area contributed by atoms with E-state index in [1.807, 2.05) is 25.1 Å². The standard InChI is InChI=1S/C18H17N3O4S/c1-9-6-4-5-7-12(9)20-15(22)14-10(2)13-16(26-14)19-8-21(17(13)23)11(3)18(24)25/h4-8,11H,1-3H3,(H,20,22)(H,24,25). The van der Waals surface area contributed by atoms with Gasteiger partial charge in [0.1, 0.15) is 10.9 Å². The summed E-state index contributed by atoms with van der Waals surface area (Å²) in [6.45, 7) is 4.97. The first-order valence-corrected chi connectivity index (χ1v) is 8.73. The lowest BCUT2D eigenvalue weighted by Crippen LogP contribution is -2.28. The summed E-state index contributed by atoms with van der Waals surface area (Å²) in [7, 11) is 0. The number of amides is 1. The van der Waals surface area contributed by atoms with Crippen LogP contribution in [-0.2, 0) is 4.79 Å². The second kappa shape index (κ2) is 6.72. The number of fused-ring (bicyclic) bond motifs is 1. The van der Waals surface area contributed by atoms with Gasteiger partial charge in [-0.3, -0.25) is 14.2 Å². The number of benzene rings is 1. The van der Waals surface area contributed by atoms with E-state index in [2.05, 4.69) is 10.3 Å². The van der Waals surface area contributed by atoms with Crippen molar-refractivity contribution in [2.24, 2.45) is 0 Å².